The third-order valence-electron chi connectivity index (χ3n) is 4.14. The zero-order valence-corrected chi connectivity index (χ0v) is 15.0. The zero-order chi connectivity index (χ0) is 18.1. The van der Waals surface area contributed by atoms with Gasteiger partial charge < -0.3 is 19.7 Å². The SMILES string of the molecule is CC(=O)Nc1nc2c(s1)CN(C(=O)/C=C/c1ccc3c(c1)OCO3)CC2. The average molecular weight is 371 g/mol. The Morgan fingerprint density at radius 2 is 2.15 bits per heavy atom. The van der Waals surface area contributed by atoms with Crippen LogP contribution in [-0.4, -0.2) is 35.0 Å². The molecule has 134 valence electrons. The molecule has 0 saturated heterocycles. The van der Waals surface area contributed by atoms with Gasteiger partial charge in [0.1, 0.15) is 0 Å². The maximum Gasteiger partial charge on any atom is 0.246 e. The van der Waals surface area contributed by atoms with E-state index in [1.54, 1.807) is 17.1 Å². The van der Waals surface area contributed by atoms with Crippen LogP contribution in [0.1, 0.15) is 23.1 Å². The van der Waals surface area contributed by atoms with Crippen LogP contribution in [0, 0.1) is 0 Å². The lowest BCUT2D eigenvalue weighted by Gasteiger charge is -2.24. The molecule has 0 spiro atoms. The summed E-state index contributed by atoms with van der Waals surface area (Å²) in [6.07, 6.45) is 4.03. The predicted octanol–water partition coefficient (Wildman–Crippen LogP) is 2.43. The number of carbonyl (C=O) groups excluding carboxylic acids is 2. The third-order valence-corrected chi connectivity index (χ3v) is 5.14. The molecule has 7 nitrogen and oxygen atoms in total. The first kappa shape index (κ1) is 16.6. The lowest BCUT2D eigenvalue weighted by Crippen LogP contribution is -2.34. The number of rotatable bonds is 3. The number of aromatic nitrogens is 1. The maximum absolute atomic E-state index is 12.5. The van der Waals surface area contributed by atoms with Crippen LogP contribution in [0.4, 0.5) is 5.13 Å². The van der Waals surface area contributed by atoms with Crippen molar-refractivity contribution in [2.45, 2.75) is 19.9 Å². The van der Waals surface area contributed by atoms with E-state index in [1.807, 2.05) is 18.2 Å². The summed E-state index contributed by atoms with van der Waals surface area (Å²) in [5.74, 6) is 1.22. The van der Waals surface area contributed by atoms with Gasteiger partial charge in [-0.2, -0.15) is 0 Å². The molecule has 2 amide bonds. The number of carbonyl (C=O) groups is 2. The van der Waals surface area contributed by atoms with Gasteiger partial charge in [-0.05, 0) is 23.8 Å². The van der Waals surface area contributed by atoms with Crippen molar-refractivity contribution < 1.29 is 19.1 Å². The molecule has 2 aliphatic heterocycles. The smallest absolute Gasteiger partial charge is 0.246 e. The molecule has 3 heterocycles. The van der Waals surface area contributed by atoms with Crippen LogP contribution in [0.3, 0.4) is 0 Å². The lowest BCUT2D eigenvalue weighted by atomic mass is 10.1. The highest BCUT2D eigenvalue weighted by molar-refractivity contribution is 7.15. The number of hydrogen-bond acceptors (Lipinski definition) is 6. The molecule has 1 N–H and O–H groups in total. The Morgan fingerprint density at radius 3 is 3.00 bits per heavy atom. The number of ether oxygens (including phenoxy) is 2. The van der Waals surface area contributed by atoms with Crippen LogP contribution in [0.15, 0.2) is 24.3 Å². The molecule has 2 aliphatic rings. The van der Waals surface area contributed by atoms with Crippen LogP contribution in [-0.2, 0) is 22.6 Å². The summed E-state index contributed by atoms with van der Waals surface area (Å²) in [7, 11) is 0. The minimum atomic E-state index is -0.143. The van der Waals surface area contributed by atoms with Crippen molar-refractivity contribution in [2.75, 3.05) is 18.7 Å². The van der Waals surface area contributed by atoms with Crippen molar-refractivity contribution in [3.63, 3.8) is 0 Å². The van der Waals surface area contributed by atoms with Crippen LogP contribution in [0.5, 0.6) is 11.5 Å². The first-order valence-corrected chi connectivity index (χ1v) is 9.03. The van der Waals surface area contributed by atoms with E-state index >= 15 is 0 Å². The highest BCUT2D eigenvalue weighted by atomic mass is 32.1. The Bertz CT molecular complexity index is 906. The van der Waals surface area contributed by atoms with Crippen molar-refractivity contribution in [3.05, 3.63) is 40.4 Å². The second-order valence-electron chi connectivity index (χ2n) is 6.03. The van der Waals surface area contributed by atoms with Crippen LogP contribution >= 0.6 is 11.3 Å². The molecular formula is C18H17N3O4S. The summed E-state index contributed by atoms with van der Waals surface area (Å²) in [6.45, 7) is 2.81. The summed E-state index contributed by atoms with van der Waals surface area (Å²) in [6, 6.07) is 5.57. The van der Waals surface area contributed by atoms with Gasteiger partial charge in [-0.1, -0.05) is 17.4 Å². The maximum atomic E-state index is 12.5. The first-order chi connectivity index (χ1) is 12.6. The van der Waals surface area contributed by atoms with E-state index in [0.717, 1.165) is 21.9 Å². The predicted molar refractivity (Wildman–Crippen MR) is 97.1 cm³/mol. The summed E-state index contributed by atoms with van der Waals surface area (Å²) in [4.78, 5) is 30.9. The number of amides is 2. The minimum absolute atomic E-state index is 0.0530. The van der Waals surface area contributed by atoms with Gasteiger partial charge in [0.05, 0.1) is 12.2 Å². The van der Waals surface area contributed by atoms with Crippen LogP contribution < -0.4 is 14.8 Å². The Labute approximate surface area is 154 Å². The van der Waals surface area contributed by atoms with E-state index in [0.29, 0.717) is 30.4 Å². The highest BCUT2D eigenvalue weighted by Crippen LogP contribution is 2.33. The molecule has 8 heteroatoms. The van der Waals surface area contributed by atoms with Gasteiger partial charge in [-0.3, -0.25) is 9.59 Å². The second kappa shape index (κ2) is 6.80. The largest absolute Gasteiger partial charge is 0.454 e. The Hall–Kier alpha value is -2.87. The van der Waals surface area contributed by atoms with Crippen molar-refractivity contribution in [1.29, 1.82) is 0 Å². The van der Waals surface area contributed by atoms with Gasteiger partial charge in [-0.25, -0.2) is 4.98 Å². The van der Waals surface area contributed by atoms with Crippen molar-refractivity contribution in [3.8, 4) is 11.5 Å². The molecule has 0 fully saturated rings. The first-order valence-electron chi connectivity index (χ1n) is 8.21. The molecule has 0 atom stereocenters. The van der Waals surface area contributed by atoms with Crippen LogP contribution in [0.2, 0.25) is 0 Å². The molecule has 1 aromatic heterocycles. The number of anilines is 1. The van der Waals surface area contributed by atoms with E-state index in [2.05, 4.69) is 10.3 Å². The molecule has 0 unspecified atom stereocenters. The lowest BCUT2D eigenvalue weighted by molar-refractivity contribution is -0.126. The van der Waals surface area contributed by atoms with E-state index in [4.69, 9.17) is 9.47 Å². The fraction of sp³-hybridized carbons (Fsp3) is 0.278. The van der Waals surface area contributed by atoms with E-state index in [9.17, 15) is 9.59 Å². The zero-order valence-electron chi connectivity index (χ0n) is 14.2. The molecule has 0 aliphatic carbocycles. The molecule has 2 aromatic rings. The number of hydrogen-bond donors (Lipinski definition) is 1. The monoisotopic (exact) mass is 371 g/mol. The summed E-state index contributed by atoms with van der Waals surface area (Å²) in [5.41, 5.74) is 1.84. The van der Waals surface area contributed by atoms with Gasteiger partial charge in [-0.15, -0.1) is 0 Å². The second-order valence-corrected chi connectivity index (χ2v) is 7.11. The molecule has 26 heavy (non-hydrogen) atoms. The highest BCUT2D eigenvalue weighted by Gasteiger charge is 2.23. The third kappa shape index (κ3) is 3.41. The van der Waals surface area contributed by atoms with Gasteiger partial charge in [0.15, 0.2) is 16.6 Å². The van der Waals surface area contributed by atoms with Gasteiger partial charge in [0.25, 0.3) is 0 Å². The summed E-state index contributed by atoms with van der Waals surface area (Å²) >= 11 is 1.42. The number of benzene rings is 1. The Morgan fingerprint density at radius 1 is 1.31 bits per heavy atom. The van der Waals surface area contributed by atoms with Crippen molar-refractivity contribution >= 4 is 34.4 Å². The Kier molecular flexibility index (Phi) is 4.34. The molecule has 1 aromatic carbocycles. The summed E-state index contributed by atoms with van der Waals surface area (Å²) in [5, 5.41) is 3.29. The number of nitrogens with one attached hydrogen (secondary N) is 1. The molecule has 4 rings (SSSR count). The fourth-order valence-electron chi connectivity index (χ4n) is 2.88. The molecule has 0 saturated carbocycles. The number of nitrogens with zero attached hydrogens (tertiary/aromatic N) is 2. The number of fused-ring (bicyclic) bond motifs is 2. The fourth-order valence-corrected chi connectivity index (χ4v) is 3.95. The van der Waals surface area contributed by atoms with Crippen molar-refractivity contribution in [1.82, 2.24) is 9.88 Å². The number of thiazole rings is 1. The van der Waals surface area contributed by atoms with Crippen LogP contribution in [0.25, 0.3) is 6.08 Å². The standard InChI is InChI=1S/C18H17N3O4S/c1-11(22)19-18-20-13-6-7-21(9-16(13)26-18)17(23)5-3-12-2-4-14-15(8-12)25-10-24-14/h2-5,8H,6-7,9-10H2,1H3,(H,19,20,22)/b5-3+. The Balaban J connectivity index is 1.42. The molecular weight excluding hydrogens is 354 g/mol. The summed E-state index contributed by atoms with van der Waals surface area (Å²) < 4.78 is 10.6. The molecule has 0 bridgehead atoms. The van der Waals surface area contributed by atoms with E-state index < -0.39 is 0 Å². The van der Waals surface area contributed by atoms with Gasteiger partial charge in [0.2, 0.25) is 18.6 Å². The average Bonchev–Trinajstić information content (AvgIpc) is 3.23. The van der Waals surface area contributed by atoms with Crippen molar-refractivity contribution in [2.24, 2.45) is 0 Å². The van der Waals surface area contributed by atoms with Gasteiger partial charge in [0, 0.05) is 30.8 Å². The minimum Gasteiger partial charge on any atom is -0.454 e. The quantitative estimate of drug-likeness (QED) is 0.838. The molecule has 0 radical (unpaired) electrons. The van der Waals surface area contributed by atoms with E-state index in [1.165, 1.54) is 18.3 Å². The topological polar surface area (TPSA) is 80.8 Å². The van der Waals surface area contributed by atoms with Gasteiger partial charge >= 0.3 is 0 Å². The van der Waals surface area contributed by atoms with E-state index in [-0.39, 0.29) is 18.6 Å². The normalized spacial score (nSPS) is 15.2.